The van der Waals surface area contributed by atoms with Gasteiger partial charge in [0.05, 0.1) is 15.7 Å². The zero-order chi connectivity index (χ0) is 22.1. The van der Waals surface area contributed by atoms with E-state index in [4.69, 9.17) is 23.2 Å². The molecule has 1 aromatic heterocycles. The molecule has 2 aromatic carbocycles. The Hall–Kier alpha value is -2.21. The predicted octanol–water partition coefficient (Wildman–Crippen LogP) is 5.20. The van der Waals surface area contributed by atoms with Gasteiger partial charge in [-0.15, -0.1) is 0 Å². The molecule has 5 rings (SSSR count). The minimum Gasteiger partial charge on any atom is -0.368 e. The Morgan fingerprint density at radius 2 is 1.81 bits per heavy atom. The number of halogens is 2. The highest BCUT2D eigenvalue weighted by molar-refractivity contribution is 6.43. The molecule has 1 aliphatic carbocycles. The lowest BCUT2D eigenvalue weighted by Gasteiger charge is -2.39. The molecule has 1 saturated carbocycles. The zero-order valence-electron chi connectivity index (χ0n) is 18.0. The Bertz CT molecular complexity index is 1070. The molecule has 32 heavy (non-hydrogen) atoms. The number of para-hydroxylation sites is 1. The van der Waals surface area contributed by atoms with Gasteiger partial charge in [0.2, 0.25) is 0 Å². The van der Waals surface area contributed by atoms with Crippen LogP contribution < -0.4 is 10.2 Å². The molecule has 1 aliphatic heterocycles. The van der Waals surface area contributed by atoms with Crippen LogP contribution in [0.2, 0.25) is 10.0 Å². The topological polar surface area (TPSA) is 51.4 Å². The van der Waals surface area contributed by atoms with Crippen LogP contribution in [0.1, 0.15) is 29.8 Å². The standard InChI is InChI=1S/C25H28Cl2N4O/c26-20-5-3-7-23(24(20)27)31-12-10-30(11-13-31)9-8-17-14-19(15-17)28-25(32)22-16-18-4-1-2-6-21(18)29-22/h1-7,16-17,19,29H,8-15H2,(H,28,32). The molecule has 2 aliphatic rings. The molecule has 7 heteroatoms. The van der Waals surface area contributed by atoms with Crippen LogP contribution in [0.4, 0.5) is 5.69 Å². The summed E-state index contributed by atoms with van der Waals surface area (Å²) in [4.78, 5) is 20.6. The molecule has 1 saturated heterocycles. The van der Waals surface area contributed by atoms with Crippen molar-refractivity contribution in [2.75, 3.05) is 37.6 Å². The van der Waals surface area contributed by atoms with Crippen molar-refractivity contribution in [3.63, 3.8) is 0 Å². The molecule has 168 valence electrons. The van der Waals surface area contributed by atoms with E-state index in [9.17, 15) is 4.79 Å². The van der Waals surface area contributed by atoms with Crippen LogP contribution in [0.3, 0.4) is 0 Å². The van der Waals surface area contributed by atoms with Crippen molar-refractivity contribution in [1.29, 1.82) is 0 Å². The molecule has 0 radical (unpaired) electrons. The molecule has 3 aromatic rings. The van der Waals surface area contributed by atoms with E-state index >= 15 is 0 Å². The van der Waals surface area contributed by atoms with Crippen molar-refractivity contribution >= 4 is 45.7 Å². The number of carbonyl (C=O) groups excluding carboxylic acids is 1. The second-order valence-electron chi connectivity index (χ2n) is 8.97. The summed E-state index contributed by atoms with van der Waals surface area (Å²) < 4.78 is 0. The van der Waals surface area contributed by atoms with Crippen molar-refractivity contribution in [2.24, 2.45) is 5.92 Å². The molecular weight excluding hydrogens is 443 g/mol. The van der Waals surface area contributed by atoms with Crippen LogP contribution in [-0.2, 0) is 0 Å². The highest BCUT2D eigenvalue weighted by Crippen LogP contribution is 2.34. The Morgan fingerprint density at radius 1 is 1.03 bits per heavy atom. The van der Waals surface area contributed by atoms with Gasteiger partial charge in [-0.1, -0.05) is 47.5 Å². The average Bonchev–Trinajstić information content (AvgIpc) is 3.22. The van der Waals surface area contributed by atoms with Crippen molar-refractivity contribution in [3.05, 3.63) is 64.3 Å². The van der Waals surface area contributed by atoms with E-state index in [0.717, 1.165) is 62.2 Å². The van der Waals surface area contributed by atoms with Crippen molar-refractivity contribution in [2.45, 2.75) is 25.3 Å². The third-order valence-electron chi connectivity index (χ3n) is 6.84. The van der Waals surface area contributed by atoms with Crippen LogP contribution >= 0.6 is 23.2 Å². The first-order chi connectivity index (χ1) is 15.6. The van der Waals surface area contributed by atoms with Gasteiger partial charge in [0.1, 0.15) is 5.69 Å². The van der Waals surface area contributed by atoms with Crippen LogP contribution in [0, 0.1) is 5.92 Å². The third-order valence-corrected chi connectivity index (χ3v) is 7.65. The third kappa shape index (κ3) is 4.61. The molecule has 1 amide bonds. The monoisotopic (exact) mass is 470 g/mol. The second kappa shape index (κ2) is 9.34. The lowest BCUT2D eigenvalue weighted by atomic mass is 9.78. The number of amides is 1. The molecule has 0 unspecified atom stereocenters. The SMILES string of the molecule is O=C(NC1CC(CCN2CCN(c3cccc(Cl)c3Cl)CC2)C1)c1cc2ccccc2[nH]1. The minimum absolute atomic E-state index is 0.000415. The fourth-order valence-corrected chi connectivity index (χ4v) is 5.28. The molecule has 2 heterocycles. The summed E-state index contributed by atoms with van der Waals surface area (Å²) in [6, 6.07) is 16.0. The van der Waals surface area contributed by atoms with E-state index in [0.29, 0.717) is 27.7 Å². The molecule has 0 spiro atoms. The van der Waals surface area contributed by atoms with E-state index in [1.165, 1.54) is 6.42 Å². The Morgan fingerprint density at radius 3 is 2.59 bits per heavy atom. The molecule has 2 N–H and O–H groups in total. The van der Waals surface area contributed by atoms with Gasteiger partial charge in [0.25, 0.3) is 5.91 Å². The van der Waals surface area contributed by atoms with Crippen molar-refractivity contribution in [3.8, 4) is 0 Å². The normalized spacial score (nSPS) is 21.5. The van der Waals surface area contributed by atoms with Gasteiger partial charge >= 0.3 is 0 Å². The predicted molar refractivity (Wildman–Crippen MR) is 132 cm³/mol. The number of hydrogen-bond donors (Lipinski definition) is 2. The second-order valence-corrected chi connectivity index (χ2v) is 9.75. The van der Waals surface area contributed by atoms with Gasteiger partial charge in [0.15, 0.2) is 0 Å². The van der Waals surface area contributed by atoms with Crippen LogP contribution in [0.25, 0.3) is 10.9 Å². The van der Waals surface area contributed by atoms with Gasteiger partial charge in [-0.3, -0.25) is 9.69 Å². The van der Waals surface area contributed by atoms with Crippen molar-refractivity contribution < 1.29 is 4.79 Å². The van der Waals surface area contributed by atoms with Crippen LogP contribution in [0.5, 0.6) is 0 Å². The molecule has 0 atom stereocenters. The highest BCUT2D eigenvalue weighted by Gasteiger charge is 2.31. The van der Waals surface area contributed by atoms with Gasteiger partial charge in [0, 0.05) is 43.1 Å². The van der Waals surface area contributed by atoms with E-state index in [-0.39, 0.29) is 5.91 Å². The number of anilines is 1. The number of H-pyrrole nitrogens is 1. The summed E-state index contributed by atoms with van der Waals surface area (Å²) in [5, 5.41) is 5.52. The fraction of sp³-hybridized carbons (Fsp3) is 0.400. The van der Waals surface area contributed by atoms with Crippen molar-refractivity contribution in [1.82, 2.24) is 15.2 Å². The number of hydrogen-bond acceptors (Lipinski definition) is 3. The van der Waals surface area contributed by atoms with E-state index in [1.807, 2.05) is 48.5 Å². The number of nitrogens with zero attached hydrogens (tertiary/aromatic N) is 2. The molecule has 2 fully saturated rings. The summed E-state index contributed by atoms with van der Waals surface area (Å²) in [6.45, 7) is 5.12. The molecule has 5 nitrogen and oxygen atoms in total. The first kappa shape index (κ1) is 21.6. The smallest absolute Gasteiger partial charge is 0.267 e. The zero-order valence-corrected chi connectivity index (χ0v) is 19.5. The summed E-state index contributed by atoms with van der Waals surface area (Å²) in [7, 11) is 0. The lowest BCUT2D eigenvalue weighted by molar-refractivity contribution is 0.0873. The maximum Gasteiger partial charge on any atom is 0.267 e. The van der Waals surface area contributed by atoms with E-state index in [2.05, 4.69) is 20.1 Å². The summed E-state index contributed by atoms with van der Waals surface area (Å²) >= 11 is 12.6. The maximum absolute atomic E-state index is 12.5. The summed E-state index contributed by atoms with van der Waals surface area (Å²) in [5.41, 5.74) is 2.68. The summed E-state index contributed by atoms with van der Waals surface area (Å²) in [6.07, 6.45) is 3.34. The number of piperazine rings is 1. The quantitative estimate of drug-likeness (QED) is 0.520. The molecule has 0 bridgehead atoms. The van der Waals surface area contributed by atoms with Crippen LogP contribution in [0.15, 0.2) is 48.5 Å². The molecular formula is C25H28Cl2N4O. The Kier molecular flexibility index (Phi) is 6.31. The number of rotatable bonds is 6. The van der Waals surface area contributed by atoms with Crippen LogP contribution in [-0.4, -0.2) is 54.6 Å². The number of nitrogens with one attached hydrogen (secondary N) is 2. The first-order valence-corrected chi connectivity index (χ1v) is 12.1. The average molecular weight is 471 g/mol. The number of aromatic nitrogens is 1. The number of benzene rings is 2. The minimum atomic E-state index is 0.000415. The van der Waals surface area contributed by atoms with Gasteiger partial charge in [-0.05, 0) is 56.0 Å². The lowest BCUT2D eigenvalue weighted by Crippen LogP contribution is -2.48. The van der Waals surface area contributed by atoms with Gasteiger partial charge < -0.3 is 15.2 Å². The fourth-order valence-electron chi connectivity index (χ4n) is 4.86. The van der Waals surface area contributed by atoms with E-state index < -0.39 is 0 Å². The first-order valence-electron chi connectivity index (χ1n) is 11.4. The maximum atomic E-state index is 12.5. The Balaban J connectivity index is 1.03. The number of fused-ring (bicyclic) bond motifs is 1. The highest BCUT2D eigenvalue weighted by atomic mass is 35.5. The number of carbonyl (C=O) groups is 1. The van der Waals surface area contributed by atoms with Gasteiger partial charge in [-0.2, -0.15) is 0 Å². The number of aromatic amines is 1. The Labute approximate surface area is 198 Å². The largest absolute Gasteiger partial charge is 0.368 e. The van der Waals surface area contributed by atoms with Gasteiger partial charge in [-0.25, -0.2) is 0 Å². The van der Waals surface area contributed by atoms with E-state index in [1.54, 1.807) is 0 Å². The summed E-state index contributed by atoms with van der Waals surface area (Å²) in [5.74, 6) is 0.698.